The zero-order valence-corrected chi connectivity index (χ0v) is 11.5. The summed E-state index contributed by atoms with van der Waals surface area (Å²) in [6, 6.07) is 8.68. The number of nitrogens with one attached hydrogen (secondary N) is 2. The molecule has 2 unspecified atom stereocenters. The predicted octanol–water partition coefficient (Wildman–Crippen LogP) is 1.62. The molecule has 0 heterocycles. The summed E-state index contributed by atoms with van der Waals surface area (Å²) < 4.78 is 0. The van der Waals surface area contributed by atoms with Crippen LogP contribution >= 0.6 is 0 Å². The normalized spacial score (nSPS) is 27.9. The molecule has 3 heteroatoms. The molecule has 2 atom stereocenters. The Hall–Kier alpha value is -1.35. The Morgan fingerprint density at radius 1 is 1.37 bits per heavy atom. The molecule has 3 nitrogen and oxygen atoms in total. The van der Waals surface area contributed by atoms with E-state index in [9.17, 15) is 4.79 Å². The van der Waals surface area contributed by atoms with Crippen molar-refractivity contribution in [2.75, 3.05) is 20.1 Å². The zero-order valence-electron chi connectivity index (χ0n) is 11.5. The third kappa shape index (κ3) is 2.16. The van der Waals surface area contributed by atoms with E-state index in [1.165, 1.54) is 30.4 Å². The third-order valence-corrected chi connectivity index (χ3v) is 4.69. The van der Waals surface area contributed by atoms with Crippen LogP contribution in [0.15, 0.2) is 24.3 Å². The van der Waals surface area contributed by atoms with Gasteiger partial charge in [-0.05, 0) is 43.9 Å². The van der Waals surface area contributed by atoms with E-state index in [1.54, 1.807) is 0 Å². The molecule has 1 aromatic rings. The smallest absolute Gasteiger partial charge is 0.224 e. The molecule has 0 aromatic heterocycles. The highest BCUT2D eigenvalue weighted by Gasteiger charge is 2.59. The van der Waals surface area contributed by atoms with Gasteiger partial charge in [0.05, 0.1) is 0 Å². The molecule has 0 bridgehead atoms. The lowest BCUT2D eigenvalue weighted by molar-refractivity contribution is -0.122. The number of carbonyl (C=O) groups is 1. The highest BCUT2D eigenvalue weighted by Crippen LogP contribution is 2.60. The summed E-state index contributed by atoms with van der Waals surface area (Å²) in [5, 5.41) is 6.10. The highest BCUT2D eigenvalue weighted by atomic mass is 16.2. The number of likely N-dealkylation sites (N-methyl/N-ethyl adjacent to an activating group) is 1. The standard InChI is InChI=1S/C16H22N2O/c1-17-9-10-18-15(19)14-11-16(14)8-4-6-12-5-2-3-7-13(12)16/h2-3,5,7,14,17H,4,6,8-11H2,1H3,(H,18,19). The van der Waals surface area contributed by atoms with Crippen LogP contribution in [0.2, 0.25) is 0 Å². The van der Waals surface area contributed by atoms with E-state index >= 15 is 0 Å². The number of rotatable bonds is 4. The van der Waals surface area contributed by atoms with E-state index < -0.39 is 0 Å². The second kappa shape index (κ2) is 4.97. The van der Waals surface area contributed by atoms with Crippen molar-refractivity contribution in [3.8, 4) is 0 Å². The molecule has 1 spiro atoms. The number of fused-ring (bicyclic) bond motifs is 2. The van der Waals surface area contributed by atoms with Gasteiger partial charge in [0.25, 0.3) is 0 Å². The summed E-state index contributed by atoms with van der Waals surface area (Å²) in [4.78, 5) is 12.2. The number of hydrogen-bond acceptors (Lipinski definition) is 2. The third-order valence-electron chi connectivity index (χ3n) is 4.69. The Labute approximate surface area is 114 Å². The molecule has 0 saturated heterocycles. The van der Waals surface area contributed by atoms with Gasteiger partial charge in [0, 0.05) is 24.4 Å². The van der Waals surface area contributed by atoms with Crippen LogP contribution in [0.25, 0.3) is 0 Å². The minimum Gasteiger partial charge on any atom is -0.355 e. The highest BCUT2D eigenvalue weighted by molar-refractivity contribution is 5.84. The quantitative estimate of drug-likeness (QED) is 0.806. The first kappa shape index (κ1) is 12.7. The van der Waals surface area contributed by atoms with E-state index in [0.29, 0.717) is 0 Å². The average Bonchev–Trinajstić information content (AvgIpc) is 3.15. The zero-order chi connectivity index (χ0) is 13.3. The monoisotopic (exact) mass is 258 g/mol. The fourth-order valence-corrected chi connectivity index (χ4v) is 3.61. The largest absolute Gasteiger partial charge is 0.355 e. The van der Waals surface area contributed by atoms with Gasteiger partial charge in [-0.25, -0.2) is 0 Å². The molecule has 1 fully saturated rings. The minimum atomic E-state index is 0.165. The van der Waals surface area contributed by atoms with Crippen LogP contribution in [0.4, 0.5) is 0 Å². The number of aryl methyl sites for hydroxylation is 1. The van der Waals surface area contributed by atoms with Crippen molar-refractivity contribution in [3.63, 3.8) is 0 Å². The van der Waals surface area contributed by atoms with E-state index in [2.05, 4.69) is 34.9 Å². The van der Waals surface area contributed by atoms with Crippen molar-refractivity contribution in [2.24, 2.45) is 5.92 Å². The van der Waals surface area contributed by atoms with Gasteiger partial charge in [-0.3, -0.25) is 4.79 Å². The van der Waals surface area contributed by atoms with Gasteiger partial charge < -0.3 is 10.6 Å². The molecule has 1 amide bonds. The number of amides is 1. The predicted molar refractivity (Wildman–Crippen MR) is 76.1 cm³/mol. The van der Waals surface area contributed by atoms with E-state index in [-0.39, 0.29) is 17.2 Å². The van der Waals surface area contributed by atoms with Gasteiger partial charge in [-0.2, -0.15) is 0 Å². The molecule has 3 rings (SSSR count). The Morgan fingerprint density at radius 3 is 3.05 bits per heavy atom. The molecule has 0 radical (unpaired) electrons. The summed E-state index contributed by atoms with van der Waals surface area (Å²) in [6.07, 6.45) is 4.60. The van der Waals surface area contributed by atoms with Crippen LogP contribution in [0.3, 0.4) is 0 Å². The van der Waals surface area contributed by atoms with Gasteiger partial charge in [0.15, 0.2) is 0 Å². The molecule has 2 aliphatic rings. The first-order valence-corrected chi connectivity index (χ1v) is 7.28. The van der Waals surface area contributed by atoms with Crippen LogP contribution in [0, 0.1) is 5.92 Å². The molecule has 1 saturated carbocycles. The lowest BCUT2D eigenvalue weighted by Gasteiger charge is -2.26. The van der Waals surface area contributed by atoms with Crippen molar-refractivity contribution >= 4 is 5.91 Å². The second-order valence-electron chi connectivity index (χ2n) is 5.82. The van der Waals surface area contributed by atoms with Crippen molar-refractivity contribution in [3.05, 3.63) is 35.4 Å². The van der Waals surface area contributed by atoms with Gasteiger partial charge in [0.1, 0.15) is 0 Å². The lowest BCUT2D eigenvalue weighted by Crippen LogP contribution is -2.34. The van der Waals surface area contributed by atoms with Gasteiger partial charge >= 0.3 is 0 Å². The van der Waals surface area contributed by atoms with Gasteiger partial charge in [-0.15, -0.1) is 0 Å². The first-order chi connectivity index (χ1) is 9.28. The van der Waals surface area contributed by atoms with Crippen LogP contribution in [0.1, 0.15) is 30.4 Å². The molecular weight excluding hydrogens is 236 g/mol. The maximum Gasteiger partial charge on any atom is 0.224 e. The molecule has 102 valence electrons. The summed E-state index contributed by atoms with van der Waals surface area (Å²) >= 11 is 0. The van der Waals surface area contributed by atoms with Crippen molar-refractivity contribution < 1.29 is 4.79 Å². The molecule has 2 aliphatic carbocycles. The van der Waals surface area contributed by atoms with Crippen LogP contribution < -0.4 is 10.6 Å². The first-order valence-electron chi connectivity index (χ1n) is 7.28. The summed E-state index contributed by atoms with van der Waals surface area (Å²) in [5.74, 6) is 0.442. The maximum atomic E-state index is 12.2. The Morgan fingerprint density at radius 2 is 2.21 bits per heavy atom. The Bertz CT molecular complexity index is 485. The Kier molecular flexibility index (Phi) is 3.31. The van der Waals surface area contributed by atoms with E-state index in [1.807, 2.05) is 7.05 Å². The average molecular weight is 258 g/mol. The summed E-state index contributed by atoms with van der Waals surface area (Å²) in [6.45, 7) is 1.56. The molecule has 1 aromatic carbocycles. The van der Waals surface area contributed by atoms with Crippen LogP contribution in [0.5, 0.6) is 0 Å². The fraction of sp³-hybridized carbons (Fsp3) is 0.562. The fourth-order valence-electron chi connectivity index (χ4n) is 3.61. The molecule has 19 heavy (non-hydrogen) atoms. The lowest BCUT2D eigenvalue weighted by atomic mass is 9.78. The van der Waals surface area contributed by atoms with Crippen LogP contribution in [-0.4, -0.2) is 26.0 Å². The molecule has 2 N–H and O–H groups in total. The molecular formula is C16H22N2O. The van der Waals surface area contributed by atoms with E-state index in [0.717, 1.165) is 19.5 Å². The van der Waals surface area contributed by atoms with Crippen molar-refractivity contribution in [2.45, 2.75) is 31.1 Å². The summed E-state index contributed by atoms with van der Waals surface area (Å²) in [5.41, 5.74) is 3.06. The van der Waals surface area contributed by atoms with Crippen molar-refractivity contribution in [1.29, 1.82) is 0 Å². The molecule has 0 aliphatic heterocycles. The topological polar surface area (TPSA) is 41.1 Å². The van der Waals surface area contributed by atoms with Gasteiger partial charge in [-0.1, -0.05) is 24.3 Å². The number of benzene rings is 1. The van der Waals surface area contributed by atoms with Gasteiger partial charge in [0.2, 0.25) is 5.91 Å². The number of hydrogen-bond donors (Lipinski definition) is 2. The second-order valence-corrected chi connectivity index (χ2v) is 5.82. The SMILES string of the molecule is CNCCNC(=O)C1CC12CCCc1ccccc12. The van der Waals surface area contributed by atoms with Crippen molar-refractivity contribution in [1.82, 2.24) is 10.6 Å². The minimum absolute atomic E-state index is 0.165. The van der Waals surface area contributed by atoms with E-state index in [4.69, 9.17) is 0 Å². The Balaban J connectivity index is 1.72. The number of carbonyl (C=O) groups excluding carboxylic acids is 1. The van der Waals surface area contributed by atoms with Crippen LogP contribution in [-0.2, 0) is 16.6 Å². The summed E-state index contributed by atoms with van der Waals surface area (Å²) in [7, 11) is 1.90. The maximum absolute atomic E-state index is 12.2.